The Hall–Kier alpha value is -0.600. The van der Waals surface area contributed by atoms with Crippen molar-refractivity contribution >= 4 is 0 Å². The lowest BCUT2D eigenvalue weighted by atomic mass is 9.88. The van der Waals surface area contributed by atoms with Crippen molar-refractivity contribution in [3.63, 3.8) is 0 Å². The van der Waals surface area contributed by atoms with Gasteiger partial charge in [-0.2, -0.15) is 0 Å². The molecule has 0 unspecified atom stereocenters. The van der Waals surface area contributed by atoms with Crippen molar-refractivity contribution in [3.8, 4) is 0 Å². The molecule has 1 saturated carbocycles. The Balaban J connectivity index is 1.85. The van der Waals surface area contributed by atoms with E-state index in [-0.39, 0.29) is 18.0 Å². The van der Waals surface area contributed by atoms with Crippen molar-refractivity contribution in [2.75, 3.05) is 0 Å². The molecule has 0 amide bonds. The SMILES string of the molecule is CC1(C)O[C@H]2CC3=CCC=C3C[C@@H]2O1. The number of fused-ring (bicyclic) bond motifs is 2. The smallest absolute Gasteiger partial charge is 0.163 e. The van der Waals surface area contributed by atoms with Crippen LogP contribution in [0.1, 0.15) is 33.1 Å². The first-order chi connectivity index (χ1) is 6.64. The molecule has 2 heteroatoms. The normalized spacial score (nSPS) is 38.7. The Morgan fingerprint density at radius 3 is 2.07 bits per heavy atom. The van der Waals surface area contributed by atoms with Crippen molar-refractivity contribution in [1.29, 1.82) is 0 Å². The zero-order valence-electron chi connectivity index (χ0n) is 8.75. The molecule has 0 N–H and O–H groups in total. The highest BCUT2D eigenvalue weighted by atomic mass is 16.7. The molecular formula is C12H16O2. The summed E-state index contributed by atoms with van der Waals surface area (Å²) in [7, 11) is 0. The van der Waals surface area contributed by atoms with Crippen molar-refractivity contribution < 1.29 is 9.47 Å². The van der Waals surface area contributed by atoms with Crippen LogP contribution in [0.3, 0.4) is 0 Å². The van der Waals surface area contributed by atoms with Crippen LogP contribution in [-0.2, 0) is 9.47 Å². The number of ether oxygens (including phenoxy) is 2. The predicted octanol–water partition coefficient (Wildman–Crippen LogP) is 2.56. The Labute approximate surface area is 84.6 Å². The molecule has 2 fully saturated rings. The van der Waals surface area contributed by atoms with Crippen LogP contribution in [0.2, 0.25) is 0 Å². The molecule has 2 aliphatic carbocycles. The topological polar surface area (TPSA) is 18.5 Å². The van der Waals surface area contributed by atoms with Gasteiger partial charge in [0.25, 0.3) is 0 Å². The molecule has 0 aromatic carbocycles. The van der Waals surface area contributed by atoms with E-state index in [2.05, 4.69) is 12.2 Å². The van der Waals surface area contributed by atoms with Crippen LogP contribution in [0.4, 0.5) is 0 Å². The van der Waals surface area contributed by atoms with Gasteiger partial charge in [-0.15, -0.1) is 0 Å². The summed E-state index contributed by atoms with van der Waals surface area (Å²) in [6.07, 6.45) is 8.39. The van der Waals surface area contributed by atoms with E-state index < -0.39 is 0 Å². The highest BCUT2D eigenvalue weighted by Crippen LogP contribution is 2.42. The number of hydrogen-bond acceptors (Lipinski definition) is 2. The lowest BCUT2D eigenvalue weighted by Crippen LogP contribution is -2.28. The van der Waals surface area contributed by atoms with Gasteiger partial charge in [0.15, 0.2) is 5.79 Å². The van der Waals surface area contributed by atoms with Crippen molar-refractivity contribution in [2.45, 2.75) is 51.1 Å². The van der Waals surface area contributed by atoms with E-state index in [0.717, 1.165) is 19.3 Å². The zero-order valence-corrected chi connectivity index (χ0v) is 8.75. The van der Waals surface area contributed by atoms with Crippen molar-refractivity contribution in [2.24, 2.45) is 0 Å². The Bertz CT molecular complexity index is 295. The first kappa shape index (κ1) is 8.69. The van der Waals surface area contributed by atoms with E-state index >= 15 is 0 Å². The molecule has 0 spiro atoms. The summed E-state index contributed by atoms with van der Waals surface area (Å²) < 4.78 is 11.7. The first-order valence-electron chi connectivity index (χ1n) is 5.38. The molecular weight excluding hydrogens is 176 g/mol. The molecule has 1 aliphatic heterocycles. The highest BCUT2D eigenvalue weighted by Gasteiger charge is 2.44. The van der Waals surface area contributed by atoms with Crippen molar-refractivity contribution in [3.05, 3.63) is 23.3 Å². The quantitative estimate of drug-likeness (QED) is 0.587. The third-order valence-corrected chi connectivity index (χ3v) is 3.27. The maximum absolute atomic E-state index is 5.87. The van der Waals surface area contributed by atoms with Gasteiger partial charge in [0.05, 0.1) is 12.2 Å². The molecule has 3 rings (SSSR count). The third kappa shape index (κ3) is 1.25. The second-order valence-corrected chi connectivity index (χ2v) is 4.82. The van der Waals surface area contributed by atoms with E-state index in [1.165, 1.54) is 11.1 Å². The molecule has 0 aromatic heterocycles. The number of allylic oxidation sites excluding steroid dienone is 2. The van der Waals surface area contributed by atoms with Gasteiger partial charge in [0.2, 0.25) is 0 Å². The second-order valence-electron chi connectivity index (χ2n) is 4.82. The number of rotatable bonds is 0. The molecule has 0 radical (unpaired) electrons. The molecule has 76 valence electrons. The molecule has 1 heterocycles. The Kier molecular flexibility index (Phi) is 1.68. The summed E-state index contributed by atoms with van der Waals surface area (Å²) in [6.45, 7) is 4.01. The van der Waals surface area contributed by atoms with E-state index in [0.29, 0.717) is 0 Å². The summed E-state index contributed by atoms with van der Waals surface area (Å²) in [5, 5.41) is 0. The van der Waals surface area contributed by atoms with Crippen LogP contribution in [0.25, 0.3) is 0 Å². The predicted molar refractivity (Wildman–Crippen MR) is 53.8 cm³/mol. The zero-order chi connectivity index (χ0) is 9.76. The van der Waals surface area contributed by atoms with Crippen LogP contribution in [0, 0.1) is 0 Å². The summed E-state index contributed by atoms with van der Waals surface area (Å²) in [5.74, 6) is -0.380. The molecule has 1 saturated heterocycles. The average molecular weight is 192 g/mol. The van der Waals surface area contributed by atoms with Crippen LogP contribution < -0.4 is 0 Å². The lowest BCUT2D eigenvalue weighted by molar-refractivity contribution is -0.145. The highest BCUT2D eigenvalue weighted by molar-refractivity contribution is 5.40. The average Bonchev–Trinajstić information content (AvgIpc) is 2.59. The molecule has 14 heavy (non-hydrogen) atoms. The molecule has 2 nitrogen and oxygen atoms in total. The fourth-order valence-corrected chi connectivity index (χ4v) is 2.72. The minimum absolute atomic E-state index is 0.284. The van der Waals surface area contributed by atoms with Gasteiger partial charge in [-0.05, 0) is 31.4 Å². The summed E-state index contributed by atoms with van der Waals surface area (Å²) in [5.41, 5.74) is 2.99. The minimum atomic E-state index is -0.380. The van der Waals surface area contributed by atoms with Crippen LogP contribution in [0.15, 0.2) is 23.3 Å². The minimum Gasteiger partial charge on any atom is -0.344 e. The largest absolute Gasteiger partial charge is 0.344 e. The summed E-state index contributed by atoms with van der Waals surface area (Å²) >= 11 is 0. The van der Waals surface area contributed by atoms with Crippen molar-refractivity contribution in [1.82, 2.24) is 0 Å². The monoisotopic (exact) mass is 192 g/mol. The Morgan fingerprint density at radius 2 is 1.57 bits per heavy atom. The van der Waals surface area contributed by atoms with E-state index in [4.69, 9.17) is 9.47 Å². The van der Waals surface area contributed by atoms with Crippen LogP contribution in [-0.4, -0.2) is 18.0 Å². The molecule has 2 atom stereocenters. The molecule has 3 aliphatic rings. The maximum Gasteiger partial charge on any atom is 0.163 e. The van der Waals surface area contributed by atoms with Crippen LogP contribution >= 0.6 is 0 Å². The molecule has 0 bridgehead atoms. The van der Waals surface area contributed by atoms with Gasteiger partial charge in [-0.3, -0.25) is 0 Å². The van der Waals surface area contributed by atoms with E-state index in [9.17, 15) is 0 Å². The van der Waals surface area contributed by atoms with Gasteiger partial charge in [0.1, 0.15) is 0 Å². The lowest BCUT2D eigenvalue weighted by Gasteiger charge is -2.25. The fourth-order valence-electron chi connectivity index (χ4n) is 2.72. The summed E-state index contributed by atoms with van der Waals surface area (Å²) in [6, 6.07) is 0. The van der Waals surface area contributed by atoms with Gasteiger partial charge in [-0.25, -0.2) is 0 Å². The van der Waals surface area contributed by atoms with E-state index in [1.54, 1.807) is 0 Å². The second kappa shape index (κ2) is 2.71. The van der Waals surface area contributed by atoms with Gasteiger partial charge >= 0.3 is 0 Å². The summed E-state index contributed by atoms with van der Waals surface area (Å²) in [4.78, 5) is 0. The Morgan fingerprint density at radius 1 is 1.07 bits per heavy atom. The first-order valence-corrected chi connectivity index (χ1v) is 5.38. The van der Waals surface area contributed by atoms with Gasteiger partial charge in [0, 0.05) is 12.8 Å². The standard InChI is InChI=1S/C12H16O2/c1-12(2)13-10-6-8-4-3-5-9(8)7-11(10)14-12/h4-5,10-11H,3,6-7H2,1-2H3/t10-,11-/m0/s1. The maximum atomic E-state index is 5.87. The van der Waals surface area contributed by atoms with Gasteiger partial charge < -0.3 is 9.47 Å². The van der Waals surface area contributed by atoms with Gasteiger partial charge in [-0.1, -0.05) is 12.2 Å². The number of hydrogen-bond donors (Lipinski definition) is 0. The van der Waals surface area contributed by atoms with Crippen LogP contribution in [0.5, 0.6) is 0 Å². The fraction of sp³-hybridized carbons (Fsp3) is 0.667. The third-order valence-electron chi connectivity index (χ3n) is 3.27. The van der Waals surface area contributed by atoms with E-state index in [1.807, 2.05) is 13.8 Å². The molecule has 0 aromatic rings.